The van der Waals surface area contributed by atoms with E-state index in [1.165, 1.54) is 26.4 Å². The van der Waals surface area contributed by atoms with Crippen LogP contribution in [0.4, 0.5) is 0 Å². The Balaban J connectivity index is 1.50. The van der Waals surface area contributed by atoms with Gasteiger partial charge in [-0.2, -0.15) is 0 Å². The van der Waals surface area contributed by atoms with Crippen molar-refractivity contribution < 1.29 is 14.6 Å². The molecule has 4 unspecified atom stereocenters. The van der Waals surface area contributed by atoms with E-state index >= 15 is 0 Å². The van der Waals surface area contributed by atoms with Crippen LogP contribution in [-0.4, -0.2) is 24.2 Å². The van der Waals surface area contributed by atoms with Crippen LogP contribution < -0.4 is 10.1 Å². The molecule has 1 aromatic rings. The number of nitrogens with one attached hydrogen (secondary N) is 1. The summed E-state index contributed by atoms with van der Waals surface area (Å²) in [5.74, 6) is 3.15. The summed E-state index contributed by atoms with van der Waals surface area (Å²) in [5, 5.41) is 13.1. The number of hydrogen-bond acceptors (Lipinski definition) is 3. The largest absolute Gasteiger partial charge is 0.504 e. The number of ether oxygens (including phenoxy) is 1. The smallest absolute Gasteiger partial charge is 0.255 e. The van der Waals surface area contributed by atoms with E-state index in [0.717, 1.165) is 11.8 Å². The highest BCUT2D eigenvalue weighted by Crippen LogP contribution is 2.65. The van der Waals surface area contributed by atoms with Gasteiger partial charge in [-0.3, -0.25) is 4.79 Å². The minimum atomic E-state index is -0.180. The van der Waals surface area contributed by atoms with Crippen molar-refractivity contribution in [1.29, 1.82) is 0 Å². The Morgan fingerprint density at radius 1 is 1.30 bits per heavy atom. The Kier molecular flexibility index (Phi) is 2.50. The lowest BCUT2D eigenvalue weighted by Crippen LogP contribution is -2.30. The van der Waals surface area contributed by atoms with Crippen LogP contribution in [0.3, 0.4) is 0 Å². The molecular weight excluding hydrogens is 254 g/mol. The number of carbonyl (C=O) groups is 1. The number of aromatic hydroxyl groups is 1. The average molecular weight is 273 g/mol. The first-order valence-electron chi connectivity index (χ1n) is 7.37. The second kappa shape index (κ2) is 4.14. The summed E-state index contributed by atoms with van der Waals surface area (Å²) in [4.78, 5) is 12.3. The Morgan fingerprint density at radius 2 is 2.00 bits per heavy atom. The standard InChI is InChI=1S/C16H19NO3/c1-20-11-4-2-3-10(15(11)18)16(19)17-14-12-8-5-6-9(7-8)13(12)14/h2-4,8-9,12-14,18H,5-7H2,1H3,(H,17,19). The summed E-state index contributed by atoms with van der Waals surface area (Å²) in [6.07, 6.45) is 4.04. The molecule has 4 rings (SSSR count). The predicted molar refractivity (Wildman–Crippen MR) is 73.7 cm³/mol. The van der Waals surface area contributed by atoms with E-state index in [4.69, 9.17) is 4.74 Å². The number of phenolic OH excluding ortho intramolecular Hbond substituents is 1. The minimum Gasteiger partial charge on any atom is -0.504 e. The van der Waals surface area contributed by atoms with E-state index in [0.29, 0.717) is 29.2 Å². The molecule has 3 saturated carbocycles. The quantitative estimate of drug-likeness (QED) is 0.887. The SMILES string of the molecule is COc1cccc(C(=O)NC2C3C4CCC(C4)C23)c1O. The number of methoxy groups -OCH3 is 1. The Bertz CT molecular complexity index is 555. The zero-order chi connectivity index (χ0) is 13.9. The van der Waals surface area contributed by atoms with Gasteiger partial charge in [-0.15, -0.1) is 0 Å². The molecule has 0 spiro atoms. The number of hydrogen-bond donors (Lipinski definition) is 2. The lowest BCUT2D eigenvalue weighted by molar-refractivity contribution is 0.0941. The van der Waals surface area contributed by atoms with Gasteiger partial charge in [-0.05, 0) is 55.1 Å². The zero-order valence-corrected chi connectivity index (χ0v) is 11.5. The van der Waals surface area contributed by atoms with Crippen LogP contribution in [0.15, 0.2) is 18.2 Å². The Morgan fingerprint density at radius 3 is 2.65 bits per heavy atom. The van der Waals surface area contributed by atoms with Gasteiger partial charge in [0, 0.05) is 6.04 Å². The molecule has 1 amide bonds. The monoisotopic (exact) mass is 273 g/mol. The Labute approximate surface area is 118 Å². The molecule has 4 atom stereocenters. The lowest BCUT2D eigenvalue weighted by atomic mass is 10.0. The van der Waals surface area contributed by atoms with Crippen molar-refractivity contribution in [2.24, 2.45) is 23.7 Å². The van der Waals surface area contributed by atoms with E-state index in [-0.39, 0.29) is 11.7 Å². The molecule has 4 nitrogen and oxygen atoms in total. The first kappa shape index (κ1) is 12.1. The lowest BCUT2D eigenvalue weighted by Gasteiger charge is -2.12. The molecule has 2 bridgehead atoms. The third-order valence-electron chi connectivity index (χ3n) is 5.50. The van der Waals surface area contributed by atoms with Crippen LogP contribution in [0, 0.1) is 23.7 Å². The van der Waals surface area contributed by atoms with Crippen LogP contribution >= 0.6 is 0 Å². The van der Waals surface area contributed by atoms with Gasteiger partial charge in [0.2, 0.25) is 0 Å². The number of rotatable bonds is 3. The molecule has 3 aliphatic carbocycles. The van der Waals surface area contributed by atoms with Crippen molar-refractivity contribution in [3.8, 4) is 11.5 Å². The van der Waals surface area contributed by atoms with Gasteiger partial charge in [0.15, 0.2) is 11.5 Å². The number of amides is 1. The predicted octanol–water partition coefficient (Wildman–Crippen LogP) is 2.18. The van der Waals surface area contributed by atoms with Crippen LogP contribution in [0.1, 0.15) is 29.6 Å². The van der Waals surface area contributed by atoms with Crippen molar-refractivity contribution in [2.45, 2.75) is 25.3 Å². The molecular formula is C16H19NO3. The maximum absolute atomic E-state index is 12.3. The first-order valence-corrected chi connectivity index (χ1v) is 7.37. The van der Waals surface area contributed by atoms with Crippen LogP contribution in [0.2, 0.25) is 0 Å². The van der Waals surface area contributed by atoms with E-state index in [1.54, 1.807) is 18.2 Å². The molecule has 0 radical (unpaired) electrons. The number of para-hydroxylation sites is 1. The zero-order valence-electron chi connectivity index (χ0n) is 11.5. The van der Waals surface area contributed by atoms with Gasteiger partial charge in [-0.1, -0.05) is 6.07 Å². The van der Waals surface area contributed by atoms with Gasteiger partial charge >= 0.3 is 0 Å². The molecule has 2 N–H and O–H groups in total. The topological polar surface area (TPSA) is 58.6 Å². The fourth-order valence-electron chi connectivity index (χ4n) is 4.62. The summed E-state index contributed by atoms with van der Waals surface area (Å²) in [6.45, 7) is 0. The van der Waals surface area contributed by atoms with E-state index in [2.05, 4.69) is 5.32 Å². The fraction of sp³-hybridized carbons (Fsp3) is 0.562. The molecule has 3 fully saturated rings. The summed E-state index contributed by atoms with van der Waals surface area (Å²) < 4.78 is 5.05. The molecule has 20 heavy (non-hydrogen) atoms. The van der Waals surface area contributed by atoms with Crippen molar-refractivity contribution >= 4 is 5.91 Å². The summed E-state index contributed by atoms with van der Waals surface area (Å²) in [7, 11) is 1.49. The molecule has 0 heterocycles. The fourth-order valence-corrected chi connectivity index (χ4v) is 4.62. The van der Waals surface area contributed by atoms with Crippen molar-refractivity contribution in [3.05, 3.63) is 23.8 Å². The number of benzene rings is 1. The van der Waals surface area contributed by atoms with Gasteiger partial charge in [0.1, 0.15) is 0 Å². The van der Waals surface area contributed by atoms with Crippen LogP contribution in [-0.2, 0) is 0 Å². The third kappa shape index (κ3) is 1.57. The number of fused-ring (bicyclic) bond motifs is 5. The van der Waals surface area contributed by atoms with Crippen molar-refractivity contribution in [1.82, 2.24) is 5.32 Å². The van der Waals surface area contributed by atoms with Gasteiger partial charge < -0.3 is 15.2 Å². The average Bonchev–Trinajstić information content (AvgIpc) is 2.85. The van der Waals surface area contributed by atoms with E-state index in [9.17, 15) is 9.90 Å². The molecule has 1 aromatic carbocycles. The van der Waals surface area contributed by atoms with Crippen LogP contribution in [0.25, 0.3) is 0 Å². The maximum atomic E-state index is 12.3. The van der Waals surface area contributed by atoms with Crippen molar-refractivity contribution in [3.63, 3.8) is 0 Å². The highest BCUT2D eigenvalue weighted by Gasteiger charge is 2.65. The second-order valence-corrected chi connectivity index (χ2v) is 6.34. The van der Waals surface area contributed by atoms with E-state index < -0.39 is 0 Å². The van der Waals surface area contributed by atoms with Crippen molar-refractivity contribution in [2.75, 3.05) is 7.11 Å². The third-order valence-corrected chi connectivity index (χ3v) is 5.50. The number of phenols is 1. The second-order valence-electron chi connectivity index (χ2n) is 6.34. The highest BCUT2D eigenvalue weighted by molar-refractivity contribution is 5.98. The maximum Gasteiger partial charge on any atom is 0.255 e. The van der Waals surface area contributed by atoms with Gasteiger partial charge in [0.05, 0.1) is 12.7 Å². The van der Waals surface area contributed by atoms with E-state index in [1.807, 2.05) is 0 Å². The normalized spacial score (nSPS) is 36.5. The summed E-state index contributed by atoms with van der Waals surface area (Å²) in [6, 6.07) is 5.35. The summed E-state index contributed by atoms with van der Waals surface area (Å²) in [5.41, 5.74) is 0.307. The molecule has 106 valence electrons. The van der Waals surface area contributed by atoms with Gasteiger partial charge in [0.25, 0.3) is 5.91 Å². The van der Waals surface area contributed by atoms with Crippen LogP contribution in [0.5, 0.6) is 11.5 Å². The molecule has 0 aromatic heterocycles. The molecule has 4 heteroatoms. The highest BCUT2D eigenvalue weighted by atomic mass is 16.5. The molecule has 3 aliphatic rings. The Hall–Kier alpha value is -1.71. The summed E-state index contributed by atoms with van der Waals surface area (Å²) >= 11 is 0. The molecule has 0 aliphatic heterocycles. The van der Waals surface area contributed by atoms with Gasteiger partial charge in [-0.25, -0.2) is 0 Å². The first-order chi connectivity index (χ1) is 9.70. The minimum absolute atomic E-state index is 0.0683. The molecule has 0 saturated heterocycles. The number of carbonyl (C=O) groups excluding carboxylic acids is 1.